The number of carbonyl (C=O) groups excluding carboxylic acids is 1. The predicted octanol–water partition coefficient (Wildman–Crippen LogP) is 2.49. The van der Waals surface area contributed by atoms with E-state index in [2.05, 4.69) is 11.4 Å². The molecule has 0 saturated heterocycles. The third-order valence-corrected chi connectivity index (χ3v) is 2.93. The monoisotopic (exact) mass is 265 g/mol. The van der Waals surface area contributed by atoms with Gasteiger partial charge in [-0.15, -0.1) is 0 Å². The molecule has 0 aromatic heterocycles. The normalized spacial score (nSPS) is 11.5. The first-order chi connectivity index (χ1) is 8.49. The molecule has 1 atom stereocenters. The third-order valence-electron chi connectivity index (χ3n) is 2.70. The molecule has 0 saturated carbocycles. The van der Waals surface area contributed by atoms with Gasteiger partial charge in [0.05, 0.1) is 11.3 Å². The van der Waals surface area contributed by atoms with Crippen LogP contribution < -0.4 is 5.32 Å². The van der Waals surface area contributed by atoms with Crippen LogP contribution in [0.3, 0.4) is 0 Å². The van der Waals surface area contributed by atoms with E-state index in [1.54, 1.807) is 37.1 Å². The van der Waals surface area contributed by atoms with Gasteiger partial charge in [-0.05, 0) is 32.0 Å². The summed E-state index contributed by atoms with van der Waals surface area (Å²) in [5, 5.41) is 12.5. The van der Waals surface area contributed by atoms with Gasteiger partial charge >= 0.3 is 0 Å². The maximum Gasteiger partial charge on any atom is 0.244 e. The van der Waals surface area contributed by atoms with E-state index in [1.165, 1.54) is 0 Å². The minimum atomic E-state index is -0.386. The number of hydrogen-bond donors (Lipinski definition) is 1. The van der Waals surface area contributed by atoms with Crippen LogP contribution in [0.5, 0.6) is 0 Å². The number of benzene rings is 1. The Morgan fingerprint density at radius 1 is 1.61 bits per heavy atom. The molecular weight excluding hydrogens is 250 g/mol. The Hall–Kier alpha value is -1.73. The molecule has 0 fully saturated rings. The maximum absolute atomic E-state index is 11.9. The maximum atomic E-state index is 11.9. The van der Waals surface area contributed by atoms with E-state index >= 15 is 0 Å². The number of amides is 1. The van der Waals surface area contributed by atoms with E-state index in [4.69, 9.17) is 16.9 Å². The van der Waals surface area contributed by atoms with Gasteiger partial charge in [0.2, 0.25) is 5.91 Å². The number of hydrogen-bond acceptors (Lipinski definition) is 3. The van der Waals surface area contributed by atoms with Crippen molar-refractivity contribution >= 4 is 23.2 Å². The fourth-order valence-electron chi connectivity index (χ4n) is 1.52. The first-order valence-electron chi connectivity index (χ1n) is 5.70. The van der Waals surface area contributed by atoms with Crippen molar-refractivity contribution in [3.8, 4) is 6.07 Å². The molecule has 1 amide bonds. The molecule has 0 spiro atoms. The Bertz CT molecular complexity index is 482. The number of halogens is 1. The van der Waals surface area contributed by atoms with Crippen molar-refractivity contribution in [1.82, 2.24) is 4.90 Å². The zero-order valence-electron chi connectivity index (χ0n) is 10.7. The molecular formula is C13H16ClN3O. The predicted molar refractivity (Wildman–Crippen MR) is 72.6 cm³/mol. The van der Waals surface area contributed by atoms with Crippen molar-refractivity contribution in [2.24, 2.45) is 0 Å². The SMILES string of the molecule is CCN(C)C(=O)C(C)Nc1ccc(Cl)cc1C#N. The Morgan fingerprint density at radius 3 is 2.83 bits per heavy atom. The number of carbonyl (C=O) groups is 1. The average molecular weight is 266 g/mol. The summed E-state index contributed by atoms with van der Waals surface area (Å²) in [5.41, 5.74) is 1.05. The first kappa shape index (κ1) is 14.3. The fraction of sp³-hybridized carbons (Fsp3) is 0.385. The van der Waals surface area contributed by atoms with E-state index in [0.717, 1.165) is 0 Å². The minimum absolute atomic E-state index is 0.0173. The summed E-state index contributed by atoms with van der Waals surface area (Å²) >= 11 is 5.81. The zero-order chi connectivity index (χ0) is 13.7. The molecule has 0 heterocycles. The lowest BCUT2D eigenvalue weighted by Gasteiger charge is -2.21. The second-order valence-corrected chi connectivity index (χ2v) is 4.46. The number of nitrogens with one attached hydrogen (secondary N) is 1. The molecule has 0 aliphatic rings. The third kappa shape index (κ3) is 3.38. The number of nitrogens with zero attached hydrogens (tertiary/aromatic N) is 2. The lowest BCUT2D eigenvalue weighted by Crippen LogP contribution is -2.38. The zero-order valence-corrected chi connectivity index (χ0v) is 11.5. The van der Waals surface area contributed by atoms with Crippen LogP contribution in [-0.4, -0.2) is 30.4 Å². The van der Waals surface area contributed by atoms with Crippen molar-refractivity contribution in [3.05, 3.63) is 28.8 Å². The largest absolute Gasteiger partial charge is 0.373 e. The molecule has 1 aromatic carbocycles. The Morgan fingerprint density at radius 2 is 2.28 bits per heavy atom. The van der Waals surface area contributed by atoms with Gasteiger partial charge in [-0.3, -0.25) is 4.79 Å². The van der Waals surface area contributed by atoms with Crippen LogP contribution in [0.25, 0.3) is 0 Å². The van der Waals surface area contributed by atoms with Crippen LogP contribution in [0.1, 0.15) is 19.4 Å². The molecule has 1 aromatic rings. The van der Waals surface area contributed by atoms with Gasteiger partial charge in [-0.1, -0.05) is 11.6 Å². The molecule has 0 radical (unpaired) electrons. The van der Waals surface area contributed by atoms with Gasteiger partial charge in [0.15, 0.2) is 0 Å². The summed E-state index contributed by atoms with van der Waals surface area (Å²) in [5.74, 6) is -0.0173. The minimum Gasteiger partial charge on any atom is -0.373 e. The second kappa shape index (κ2) is 6.27. The molecule has 0 bridgehead atoms. The highest BCUT2D eigenvalue weighted by Gasteiger charge is 2.17. The van der Waals surface area contributed by atoms with Crippen LogP contribution in [0.15, 0.2) is 18.2 Å². The molecule has 4 nitrogen and oxygen atoms in total. The lowest BCUT2D eigenvalue weighted by atomic mass is 10.1. The summed E-state index contributed by atoms with van der Waals surface area (Å²) in [4.78, 5) is 13.5. The van der Waals surface area contributed by atoms with Crippen LogP contribution in [0.4, 0.5) is 5.69 Å². The van der Waals surface area contributed by atoms with Gasteiger partial charge in [0.1, 0.15) is 12.1 Å². The molecule has 96 valence electrons. The van der Waals surface area contributed by atoms with Gasteiger partial charge in [-0.25, -0.2) is 0 Å². The molecule has 1 N–H and O–H groups in total. The summed E-state index contributed by atoms with van der Waals surface area (Å²) in [6.07, 6.45) is 0. The van der Waals surface area contributed by atoms with Crippen LogP contribution >= 0.6 is 11.6 Å². The van der Waals surface area contributed by atoms with Crippen molar-refractivity contribution in [1.29, 1.82) is 5.26 Å². The Balaban J connectivity index is 2.85. The number of anilines is 1. The van der Waals surface area contributed by atoms with Crippen LogP contribution in [0.2, 0.25) is 5.02 Å². The molecule has 5 heteroatoms. The molecule has 0 aliphatic heterocycles. The van der Waals surface area contributed by atoms with E-state index in [-0.39, 0.29) is 11.9 Å². The van der Waals surface area contributed by atoms with Crippen molar-refractivity contribution in [2.75, 3.05) is 18.9 Å². The smallest absolute Gasteiger partial charge is 0.244 e. The van der Waals surface area contributed by atoms with Crippen molar-refractivity contribution in [2.45, 2.75) is 19.9 Å². The van der Waals surface area contributed by atoms with E-state index in [1.807, 2.05) is 6.92 Å². The van der Waals surface area contributed by atoms with Crippen molar-refractivity contribution in [3.63, 3.8) is 0 Å². The van der Waals surface area contributed by atoms with Gasteiger partial charge < -0.3 is 10.2 Å². The standard InChI is InChI=1S/C13H16ClN3O/c1-4-17(3)13(18)9(2)16-12-6-5-11(14)7-10(12)8-15/h5-7,9,16H,4H2,1-3H3. The highest BCUT2D eigenvalue weighted by atomic mass is 35.5. The number of rotatable bonds is 4. The summed E-state index contributed by atoms with van der Waals surface area (Å²) < 4.78 is 0. The van der Waals surface area contributed by atoms with Gasteiger partial charge in [-0.2, -0.15) is 5.26 Å². The second-order valence-electron chi connectivity index (χ2n) is 4.02. The van der Waals surface area contributed by atoms with E-state index in [9.17, 15) is 4.79 Å². The number of nitriles is 1. The van der Waals surface area contributed by atoms with Gasteiger partial charge in [0.25, 0.3) is 0 Å². The summed E-state index contributed by atoms with van der Waals surface area (Å²) in [7, 11) is 1.74. The van der Waals surface area contributed by atoms with Crippen molar-refractivity contribution < 1.29 is 4.79 Å². The summed E-state index contributed by atoms with van der Waals surface area (Å²) in [6, 6.07) is 6.63. The highest BCUT2D eigenvalue weighted by Crippen LogP contribution is 2.20. The molecule has 18 heavy (non-hydrogen) atoms. The van der Waals surface area contributed by atoms with Crippen LogP contribution in [-0.2, 0) is 4.79 Å². The Kier molecular flexibility index (Phi) is 4.99. The Labute approximate surface area is 112 Å². The topological polar surface area (TPSA) is 56.1 Å². The summed E-state index contributed by atoms with van der Waals surface area (Å²) in [6.45, 7) is 4.33. The fourth-order valence-corrected chi connectivity index (χ4v) is 1.69. The lowest BCUT2D eigenvalue weighted by molar-refractivity contribution is -0.130. The first-order valence-corrected chi connectivity index (χ1v) is 6.08. The average Bonchev–Trinajstić information content (AvgIpc) is 2.38. The quantitative estimate of drug-likeness (QED) is 0.910. The molecule has 0 aliphatic carbocycles. The molecule has 1 unspecified atom stereocenters. The van der Waals surface area contributed by atoms with Crippen LogP contribution in [0, 0.1) is 11.3 Å². The molecule has 1 rings (SSSR count). The van der Waals surface area contributed by atoms with Gasteiger partial charge in [0, 0.05) is 18.6 Å². The van der Waals surface area contributed by atoms with E-state index in [0.29, 0.717) is 22.8 Å². The highest BCUT2D eigenvalue weighted by molar-refractivity contribution is 6.30. The van der Waals surface area contributed by atoms with E-state index < -0.39 is 0 Å². The number of likely N-dealkylation sites (N-methyl/N-ethyl adjacent to an activating group) is 1.